The highest BCUT2D eigenvalue weighted by Crippen LogP contribution is 2.35. The van der Waals surface area contributed by atoms with E-state index in [2.05, 4.69) is 0 Å². The highest BCUT2D eigenvalue weighted by Gasteiger charge is 2.33. The molecular weight excluding hydrogens is 192 g/mol. The van der Waals surface area contributed by atoms with Crippen molar-refractivity contribution in [1.82, 2.24) is 0 Å². The number of carboxylic acids is 1. The Morgan fingerprint density at radius 3 is 2.87 bits per heavy atom. The van der Waals surface area contributed by atoms with Gasteiger partial charge in [-0.15, -0.1) is 0 Å². The van der Waals surface area contributed by atoms with Crippen molar-refractivity contribution in [2.75, 3.05) is 0 Å². The van der Waals surface area contributed by atoms with Gasteiger partial charge in [0.1, 0.15) is 0 Å². The summed E-state index contributed by atoms with van der Waals surface area (Å²) in [5.74, 6) is -1.56. The second kappa shape index (κ2) is 3.66. The highest BCUT2D eigenvalue weighted by atomic mass is 16.4. The van der Waals surface area contributed by atoms with Crippen LogP contribution in [0.25, 0.3) is 0 Å². The van der Waals surface area contributed by atoms with Crippen molar-refractivity contribution in [1.29, 1.82) is 0 Å². The van der Waals surface area contributed by atoms with Crippen molar-refractivity contribution in [3.8, 4) is 0 Å². The number of benzene rings is 1. The Kier molecular flexibility index (Phi) is 2.49. The zero-order valence-electron chi connectivity index (χ0n) is 8.60. The van der Waals surface area contributed by atoms with E-state index in [1.54, 1.807) is 0 Å². The second-order valence-corrected chi connectivity index (χ2v) is 4.07. The Morgan fingerprint density at radius 2 is 2.20 bits per heavy atom. The van der Waals surface area contributed by atoms with Crippen molar-refractivity contribution < 1.29 is 15.0 Å². The van der Waals surface area contributed by atoms with Gasteiger partial charge in [0.2, 0.25) is 0 Å². The molecule has 1 aliphatic rings. The quantitative estimate of drug-likeness (QED) is 0.735. The summed E-state index contributed by atoms with van der Waals surface area (Å²) >= 11 is 0. The van der Waals surface area contributed by atoms with Crippen LogP contribution in [0, 0.1) is 12.8 Å². The number of aliphatic carboxylic acids is 1. The number of rotatable bonds is 1. The van der Waals surface area contributed by atoms with Gasteiger partial charge >= 0.3 is 5.97 Å². The van der Waals surface area contributed by atoms with Gasteiger partial charge in [-0.25, -0.2) is 0 Å². The van der Waals surface area contributed by atoms with E-state index in [-0.39, 0.29) is 0 Å². The van der Waals surface area contributed by atoms with E-state index in [0.717, 1.165) is 23.1 Å². The van der Waals surface area contributed by atoms with Crippen molar-refractivity contribution >= 4 is 5.97 Å². The smallest absolute Gasteiger partial charge is 0.309 e. The number of carboxylic acid groups (broad SMARTS) is 1. The lowest BCUT2D eigenvalue weighted by Crippen LogP contribution is -2.27. The summed E-state index contributed by atoms with van der Waals surface area (Å²) in [6, 6.07) is 5.68. The lowest BCUT2D eigenvalue weighted by atomic mass is 9.80. The lowest BCUT2D eigenvalue weighted by Gasteiger charge is -2.28. The summed E-state index contributed by atoms with van der Waals surface area (Å²) < 4.78 is 0. The average Bonchev–Trinajstić information content (AvgIpc) is 2.19. The molecule has 0 saturated carbocycles. The van der Waals surface area contributed by atoms with E-state index in [0.29, 0.717) is 6.42 Å². The highest BCUT2D eigenvalue weighted by molar-refractivity contribution is 5.71. The van der Waals surface area contributed by atoms with E-state index in [4.69, 9.17) is 5.11 Å². The summed E-state index contributed by atoms with van der Waals surface area (Å²) in [6.45, 7) is 1.99. The van der Waals surface area contributed by atoms with Crippen LogP contribution in [0.15, 0.2) is 18.2 Å². The molecule has 0 saturated heterocycles. The topological polar surface area (TPSA) is 57.5 Å². The third-order valence-electron chi connectivity index (χ3n) is 3.17. The molecule has 3 nitrogen and oxygen atoms in total. The first-order valence-electron chi connectivity index (χ1n) is 5.10. The Bertz CT molecular complexity index is 398. The maximum absolute atomic E-state index is 10.9. The fourth-order valence-electron chi connectivity index (χ4n) is 2.28. The molecule has 2 atom stereocenters. The molecule has 15 heavy (non-hydrogen) atoms. The number of aryl methyl sites for hydroxylation is 1. The Morgan fingerprint density at radius 1 is 1.47 bits per heavy atom. The van der Waals surface area contributed by atoms with Crippen LogP contribution in [0.2, 0.25) is 0 Å². The molecule has 80 valence electrons. The van der Waals surface area contributed by atoms with Crippen LogP contribution in [0.4, 0.5) is 0 Å². The van der Waals surface area contributed by atoms with E-state index < -0.39 is 18.0 Å². The van der Waals surface area contributed by atoms with Crippen LogP contribution in [0.1, 0.15) is 29.2 Å². The summed E-state index contributed by atoms with van der Waals surface area (Å²) in [5, 5.41) is 18.9. The van der Waals surface area contributed by atoms with Gasteiger partial charge in [0.15, 0.2) is 0 Å². The Balaban J connectivity index is 2.42. The molecule has 2 unspecified atom stereocenters. The molecule has 0 aliphatic heterocycles. The van der Waals surface area contributed by atoms with E-state index >= 15 is 0 Å². The second-order valence-electron chi connectivity index (χ2n) is 4.07. The van der Waals surface area contributed by atoms with Gasteiger partial charge in [0, 0.05) is 0 Å². The zero-order valence-corrected chi connectivity index (χ0v) is 8.60. The van der Waals surface area contributed by atoms with Gasteiger partial charge in [-0.2, -0.15) is 0 Å². The molecule has 0 heterocycles. The average molecular weight is 206 g/mol. The van der Waals surface area contributed by atoms with Gasteiger partial charge in [-0.05, 0) is 36.5 Å². The zero-order chi connectivity index (χ0) is 11.0. The summed E-state index contributed by atoms with van der Waals surface area (Å²) in [4.78, 5) is 10.9. The van der Waals surface area contributed by atoms with Gasteiger partial charge in [0.25, 0.3) is 0 Å². The number of hydrogen-bond acceptors (Lipinski definition) is 2. The van der Waals surface area contributed by atoms with Gasteiger partial charge in [-0.1, -0.05) is 18.2 Å². The molecule has 0 amide bonds. The molecule has 0 aromatic heterocycles. The SMILES string of the molecule is Cc1cccc2c1CCC(C(=O)O)C2O. The fraction of sp³-hybridized carbons (Fsp3) is 0.417. The fourth-order valence-corrected chi connectivity index (χ4v) is 2.28. The molecule has 3 heteroatoms. The van der Waals surface area contributed by atoms with Gasteiger partial charge in [0.05, 0.1) is 12.0 Å². The molecule has 1 aromatic carbocycles. The summed E-state index contributed by atoms with van der Waals surface area (Å²) in [6.07, 6.45) is 0.413. The van der Waals surface area contributed by atoms with Crippen LogP contribution in [0.3, 0.4) is 0 Å². The van der Waals surface area contributed by atoms with Crippen molar-refractivity contribution in [2.45, 2.75) is 25.9 Å². The minimum Gasteiger partial charge on any atom is -0.481 e. The molecule has 2 N–H and O–H groups in total. The van der Waals surface area contributed by atoms with E-state index in [9.17, 15) is 9.90 Å². The predicted molar refractivity (Wildman–Crippen MR) is 55.6 cm³/mol. The van der Waals surface area contributed by atoms with E-state index in [1.165, 1.54) is 0 Å². The van der Waals surface area contributed by atoms with Crippen LogP contribution < -0.4 is 0 Å². The van der Waals surface area contributed by atoms with Crippen LogP contribution in [-0.2, 0) is 11.2 Å². The van der Waals surface area contributed by atoms with E-state index in [1.807, 2.05) is 25.1 Å². The number of fused-ring (bicyclic) bond motifs is 1. The summed E-state index contributed by atoms with van der Waals surface area (Å²) in [7, 11) is 0. The standard InChI is InChI=1S/C12H14O3/c1-7-3-2-4-9-8(7)5-6-10(11(9)13)12(14)15/h2-4,10-11,13H,5-6H2,1H3,(H,14,15). The van der Waals surface area contributed by atoms with Crippen LogP contribution >= 0.6 is 0 Å². The predicted octanol–water partition coefficient (Wildman–Crippen LogP) is 1.68. The Labute approximate surface area is 88.4 Å². The molecule has 0 radical (unpaired) electrons. The maximum atomic E-state index is 10.9. The molecule has 1 aromatic rings. The summed E-state index contributed by atoms with van der Waals surface area (Å²) in [5.41, 5.74) is 3.03. The van der Waals surface area contributed by atoms with Crippen LogP contribution in [-0.4, -0.2) is 16.2 Å². The molecular formula is C12H14O3. The Hall–Kier alpha value is -1.35. The molecule has 0 fully saturated rings. The minimum atomic E-state index is -0.908. The molecule has 0 spiro atoms. The van der Waals surface area contributed by atoms with Gasteiger partial charge < -0.3 is 10.2 Å². The monoisotopic (exact) mass is 206 g/mol. The molecule has 1 aliphatic carbocycles. The molecule has 0 bridgehead atoms. The first-order chi connectivity index (χ1) is 7.11. The van der Waals surface area contributed by atoms with Crippen molar-refractivity contribution in [3.63, 3.8) is 0 Å². The van der Waals surface area contributed by atoms with Crippen molar-refractivity contribution in [2.24, 2.45) is 5.92 Å². The third kappa shape index (κ3) is 1.63. The first kappa shape index (κ1) is 10.2. The largest absolute Gasteiger partial charge is 0.481 e. The number of aliphatic hydroxyl groups is 1. The van der Waals surface area contributed by atoms with Gasteiger partial charge in [-0.3, -0.25) is 4.79 Å². The third-order valence-corrected chi connectivity index (χ3v) is 3.17. The lowest BCUT2D eigenvalue weighted by molar-refractivity contribution is -0.146. The minimum absolute atomic E-state index is 0.522. The first-order valence-corrected chi connectivity index (χ1v) is 5.10. The van der Waals surface area contributed by atoms with Crippen LogP contribution in [0.5, 0.6) is 0 Å². The van der Waals surface area contributed by atoms with Crippen molar-refractivity contribution in [3.05, 3.63) is 34.9 Å². The number of aliphatic hydroxyl groups excluding tert-OH is 1. The molecule has 2 rings (SSSR count). The number of hydrogen-bond donors (Lipinski definition) is 2. The number of carbonyl (C=O) groups is 1. The maximum Gasteiger partial charge on any atom is 0.309 e. The normalized spacial score (nSPS) is 24.7.